The molecule has 18 heavy (non-hydrogen) atoms. The topological polar surface area (TPSA) is 52.9 Å². The van der Waals surface area contributed by atoms with Crippen LogP contribution in [0.4, 0.5) is 0 Å². The Hall–Kier alpha value is -1.30. The van der Waals surface area contributed by atoms with Crippen LogP contribution in [0.2, 0.25) is 0 Å². The largest absolute Gasteiger partial charge is 0.345 e. The normalized spacial score (nSPS) is 30.6. The molecule has 0 radical (unpaired) electrons. The Kier molecular flexibility index (Phi) is 2.89. The zero-order chi connectivity index (χ0) is 12.6. The maximum atomic E-state index is 12.2. The van der Waals surface area contributed by atoms with Gasteiger partial charge in [0.2, 0.25) is 0 Å². The second kappa shape index (κ2) is 4.42. The maximum Gasteiger partial charge on any atom is 0.262 e. The Morgan fingerprint density at radius 2 is 1.94 bits per heavy atom. The van der Waals surface area contributed by atoms with Gasteiger partial charge in [0.1, 0.15) is 11.6 Å². The lowest BCUT2D eigenvalue weighted by Crippen LogP contribution is -2.59. The van der Waals surface area contributed by atoms with E-state index in [0.29, 0.717) is 11.5 Å². The minimum absolute atomic E-state index is 0.00850. The quantitative estimate of drug-likeness (QED) is 0.712. The third kappa shape index (κ3) is 1.67. The number of nitriles is 1. The minimum Gasteiger partial charge on any atom is -0.345 e. The second-order valence-corrected chi connectivity index (χ2v) is 5.98. The molecule has 3 heteroatoms. The van der Waals surface area contributed by atoms with E-state index in [1.807, 2.05) is 0 Å². The molecule has 0 bridgehead atoms. The van der Waals surface area contributed by atoms with Gasteiger partial charge in [0.15, 0.2) is 0 Å². The van der Waals surface area contributed by atoms with Crippen molar-refractivity contribution in [3.8, 4) is 6.07 Å². The Morgan fingerprint density at radius 3 is 2.67 bits per heavy atom. The molecule has 1 atom stereocenters. The fourth-order valence-corrected chi connectivity index (χ4v) is 4.22. The summed E-state index contributed by atoms with van der Waals surface area (Å²) in [4.78, 5) is 12.2. The molecule has 2 saturated carbocycles. The molecule has 2 aliphatic carbocycles. The molecule has 1 spiro atoms. The van der Waals surface area contributed by atoms with Crippen LogP contribution in [0.3, 0.4) is 0 Å². The van der Waals surface area contributed by atoms with Crippen molar-refractivity contribution in [2.45, 2.75) is 63.3 Å². The van der Waals surface area contributed by atoms with Gasteiger partial charge in [0, 0.05) is 11.5 Å². The lowest BCUT2D eigenvalue weighted by Gasteiger charge is -2.49. The molecule has 0 aromatic carbocycles. The number of rotatable bonds is 0. The van der Waals surface area contributed by atoms with Gasteiger partial charge in [0.05, 0.1) is 0 Å². The van der Waals surface area contributed by atoms with Crippen LogP contribution in [0.15, 0.2) is 11.1 Å². The van der Waals surface area contributed by atoms with Gasteiger partial charge in [-0.2, -0.15) is 5.26 Å². The molecule has 0 aromatic rings. The molecular weight excluding hydrogens is 224 g/mol. The van der Waals surface area contributed by atoms with Crippen molar-refractivity contribution in [1.29, 1.82) is 5.26 Å². The van der Waals surface area contributed by atoms with E-state index < -0.39 is 0 Å². The highest BCUT2D eigenvalue weighted by molar-refractivity contribution is 5.99. The van der Waals surface area contributed by atoms with E-state index in [2.05, 4.69) is 11.4 Å². The molecule has 96 valence electrons. The van der Waals surface area contributed by atoms with Gasteiger partial charge in [-0.05, 0) is 37.7 Å². The van der Waals surface area contributed by atoms with Gasteiger partial charge in [-0.3, -0.25) is 4.79 Å². The van der Waals surface area contributed by atoms with Gasteiger partial charge in [-0.1, -0.05) is 25.7 Å². The van der Waals surface area contributed by atoms with Crippen molar-refractivity contribution in [3.05, 3.63) is 11.1 Å². The number of fused-ring (bicyclic) bond motifs is 2. The molecule has 0 unspecified atom stereocenters. The van der Waals surface area contributed by atoms with Crippen LogP contribution in [0.1, 0.15) is 57.8 Å². The fourth-order valence-electron chi connectivity index (χ4n) is 4.22. The summed E-state index contributed by atoms with van der Waals surface area (Å²) in [5, 5.41) is 12.4. The lowest BCUT2D eigenvalue weighted by atomic mass is 9.63. The number of carbonyl (C=O) groups excluding carboxylic acids is 1. The predicted molar refractivity (Wildman–Crippen MR) is 68.6 cm³/mol. The standard InChI is InChI=1S/C15H20N2O/c16-10-12-11-6-2-3-7-13(11)15(17-14(12)18)8-4-1-5-9-15/h13H,1-9H2,(H,17,18)/t13-/m0/s1. The van der Waals surface area contributed by atoms with E-state index in [9.17, 15) is 10.1 Å². The number of hydrogen-bond donors (Lipinski definition) is 1. The number of amides is 1. The molecule has 1 N–H and O–H groups in total. The fraction of sp³-hybridized carbons (Fsp3) is 0.733. The molecule has 0 aromatic heterocycles. The molecule has 0 saturated heterocycles. The highest BCUT2D eigenvalue weighted by Crippen LogP contribution is 2.47. The van der Waals surface area contributed by atoms with E-state index in [-0.39, 0.29) is 11.4 Å². The van der Waals surface area contributed by atoms with E-state index in [1.165, 1.54) is 31.3 Å². The summed E-state index contributed by atoms with van der Waals surface area (Å²) >= 11 is 0. The first kappa shape index (κ1) is 11.8. The average Bonchev–Trinajstić information content (AvgIpc) is 2.40. The van der Waals surface area contributed by atoms with Gasteiger partial charge in [-0.15, -0.1) is 0 Å². The highest BCUT2D eigenvalue weighted by Gasteiger charge is 2.47. The van der Waals surface area contributed by atoms with Gasteiger partial charge >= 0.3 is 0 Å². The summed E-state index contributed by atoms with van der Waals surface area (Å²) in [5.74, 6) is 0.339. The zero-order valence-electron chi connectivity index (χ0n) is 10.8. The van der Waals surface area contributed by atoms with Crippen LogP contribution in [-0.2, 0) is 4.79 Å². The summed E-state index contributed by atoms with van der Waals surface area (Å²) in [5.41, 5.74) is 1.59. The molecule has 1 aliphatic heterocycles. The van der Waals surface area contributed by atoms with Crippen LogP contribution in [0, 0.1) is 17.2 Å². The third-order valence-corrected chi connectivity index (χ3v) is 5.04. The number of hydrogen-bond acceptors (Lipinski definition) is 2. The highest BCUT2D eigenvalue weighted by atomic mass is 16.2. The van der Waals surface area contributed by atoms with Crippen LogP contribution in [-0.4, -0.2) is 11.4 Å². The van der Waals surface area contributed by atoms with E-state index in [4.69, 9.17) is 0 Å². The van der Waals surface area contributed by atoms with Crippen molar-refractivity contribution < 1.29 is 4.79 Å². The maximum absolute atomic E-state index is 12.2. The Balaban J connectivity index is 2.03. The van der Waals surface area contributed by atoms with Crippen LogP contribution in [0.5, 0.6) is 0 Å². The first-order chi connectivity index (χ1) is 8.77. The SMILES string of the molecule is N#CC1=C2CCCC[C@@H]2C2(CCCCC2)NC1=O. The van der Waals surface area contributed by atoms with Crippen molar-refractivity contribution in [3.63, 3.8) is 0 Å². The average molecular weight is 244 g/mol. The van der Waals surface area contributed by atoms with E-state index in [0.717, 1.165) is 32.1 Å². The summed E-state index contributed by atoms with van der Waals surface area (Å²) in [6.45, 7) is 0. The van der Waals surface area contributed by atoms with Crippen molar-refractivity contribution in [1.82, 2.24) is 5.32 Å². The smallest absolute Gasteiger partial charge is 0.262 e. The Morgan fingerprint density at radius 1 is 1.17 bits per heavy atom. The van der Waals surface area contributed by atoms with Crippen LogP contribution < -0.4 is 5.32 Å². The summed E-state index contributed by atoms with van der Waals surface area (Å²) in [6, 6.07) is 2.14. The van der Waals surface area contributed by atoms with E-state index >= 15 is 0 Å². The number of nitrogens with one attached hydrogen (secondary N) is 1. The van der Waals surface area contributed by atoms with E-state index in [1.54, 1.807) is 0 Å². The first-order valence-corrected chi connectivity index (χ1v) is 7.22. The van der Waals surface area contributed by atoms with Gasteiger partial charge in [-0.25, -0.2) is 0 Å². The second-order valence-electron chi connectivity index (χ2n) is 5.98. The minimum atomic E-state index is -0.104. The van der Waals surface area contributed by atoms with Crippen molar-refractivity contribution in [2.24, 2.45) is 5.92 Å². The molecule has 1 amide bonds. The molecule has 3 nitrogen and oxygen atoms in total. The van der Waals surface area contributed by atoms with Crippen LogP contribution >= 0.6 is 0 Å². The van der Waals surface area contributed by atoms with Gasteiger partial charge in [0.25, 0.3) is 5.91 Å². The predicted octanol–water partition coefficient (Wildman–Crippen LogP) is 2.83. The summed E-state index contributed by atoms with van der Waals surface area (Å²) in [6.07, 6.45) is 10.4. The van der Waals surface area contributed by atoms with Crippen LogP contribution in [0.25, 0.3) is 0 Å². The summed E-state index contributed by atoms with van der Waals surface area (Å²) < 4.78 is 0. The summed E-state index contributed by atoms with van der Waals surface area (Å²) in [7, 11) is 0. The third-order valence-electron chi connectivity index (χ3n) is 5.04. The number of carbonyl (C=O) groups is 1. The molecule has 2 fully saturated rings. The Labute approximate surface area is 108 Å². The molecule has 1 heterocycles. The zero-order valence-corrected chi connectivity index (χ0v) is 10.8. The molecule has 3 rings (SSSR count). The monoisotopic (exact) mass is 244 g/mol. The molecular formula is C15H20N2O. The first-order valence-electron chi connectivity index (χ1n) is 7.22. The Bertz CT molecular complexity index is 438. The lowest BCUT2D eigenvalue weighted by molar-refractivity contribution is -0.121. The van der Waals surface area contributed by atoms with Crippen molar-refractivity contribution in [2.75, 3.05) is 0 Å². The number of nitrogens with zero attached hydrogens (tertiary/aromatic N) is 1. The van der Waals surface area contributed by atoms with Crippen molar-refractivity contribution >= 4 is 5.91 Å². The molecule has 3 aliphatic rings. The van der Waals surface area contributed by atoms with Gasteiger partial charge < -0.3 is 5.32 Å².